The molecule has 0 bridgehead atoms. The number of amides is 4. The Morgan fingerprint density at radius 3 is 1.88 bits per heavy atom. The summed E-state index contributed by atoms with van der Waals surface area (Å²) in [5, 5.41) is 37.4. The van der Waals surface area contributed by atoms with E-state index in [9.17, 15) is 43.8 Å². The van der Waals surface area contributed by atoms with Crippen LogP contribution in [-0.4, -0.2) is 81.5 Å². The lowest BCUT2D eigenvalue weighted by atomic mass is 10.1. The van der Waals surface area contributed by atoms with E-state index >= 15 is 0 Å². The smallest absolute Gasteiger partial charge is 0.326 e. The molecule has 0 radical (unpaired) electrons. The Morgan fingerprint density at radius 1 is 0.771 bits per heavy atom. The predicted octanol–water partition coefficient (Wildman–Crippen LogP) is 0.0447. The molecule has 4 amide bonds. The van der Waals surface area contributed by atoms with Gasteiger partial charge in [0.1, 0.15) is 36.2 Å². The van der Waals surface area contributed by atoms with Crippen LogP contribution >= 0.6 is 0 Å². The zero-order valence-corrected chi connectivity index (χ0v) is 26.4. The van der Waals surface area contributed by atoms with Crippen LogP contribution in [0.2, 0.25) is 0 Å². The van der Waals surface area contributed by atoms with Gasteiger partial charge in [-0.2, -0.15) is 0 Å². The number of benzene rings is 1. The Kier molecular flexibility index (Phi) is 16.1. The number of furan rings is 1. The Balaban J connectivity index is 1.70. The molecule has 0 fully saturated rings. The van der Waals surface area contributed by atoms with Crippen LogP contribution in [0.5, 0.6) is 5.75 Å². The van der Waals surface area contributed by atoms with Crippen molar-refractivity contribution in [2.45, 2.75) is 83.1 Å². The van der Waals surface area contributed by atoms with Gasteiger partial charge in [0, 0.05) is 38.3 Å². The summed E-state index contributed by atoms with van der Waals surface area (Å²) in [6.07, 6.45) is 0.281. The lowest BCUT2D eigenvalue weighted by Gasteiger charge is -2.17. The van der Waals surface area contributed by atoms with Crippen molar-refractivity contribution in [2.24, 2.45) is 5.73 Å². The van der Waals surface area contributed by atoms with Crippen LogP contribution in [0.15, 0.2) is 41.0 Å². The van der Waals surface area contributed by atoms with Gasteiger partial charge in [0.15, 0.2) is 0 Å². The van der Waals surface area contributed by atoms with Crippen LogP contribution in [0.4, 0.5) is 0 Å². The number of nitrogens with one attached hydrogen (secondary N) is 4. The molecule has 1 aromatic heterocycles. The molecule has 9 N–H and O–H groups in total. The lowest BCUT2D eigenvalue weighted by Crippen LogP contribution is -2.44. The van der Waals surface area contributed by atoms with Crippen molar-refractivity contribution in [3.05, 3.63) is 53.5 Å². The molecule has 17 heteroatoms. The maximum Gasteiger partial charge on any atom is 0.326 e. The number of carbonyl (C=O) groups excluding carboxylic acids is 4. The summed E-state index contributed by atoms with van der Waals surface area (Å²) in [5.41, 5.74) is 7.04. The second-order valence-corrected chi connectivity index (χ2v) is 10.8. The Hall–Kier alpha value is -5.45. The van der Waals surface area contributed by atoms with Crippen molar-refractivity contribution in [1.29, 1.82) is 0 Å². The van der Waals surface area contributed by atoms with E-state index < -0.39 is 60.2 Å². The number of carboxylic acid groups (broad SMARTS) is 3. The molecule has 2 aromatic rings. The normalized spacial score (nSPS) is 12.5. The number of carbonyl (C=O) groups is 7. The highest BCUT2D eigenvalue weighted by Crippen LogP contribution is 2.16. The van der Waals surface area contributed by atoms with Gasteiger partial charge < -0.3 is 51.5 Å². The minimum Gasteiger partial charge on any atom is -0.489 e. The fourth-order valence-corrected chi connectivity index (χ4v) is 4.17. The summed E-state index contributed by atoms with van der Waals surface area (Å²) < 4.78 is 11.1. The van der Waals surface area contributed by atoms with Crippen molar-refractivity contribution in [3.8, 4) is 5.75 Å². The molecule has 2 rings (SSSR count). The number of hydrogen-bond acceptors (Lipinski definition) is 10. The van der Waals surface area contributed by atoms with E-state index in [0.717, 1.165) is 11.1 Å². The summed E-state index contributed by atoms with van der Waals surface area (Å²) >= 11 is 0. The molecule has 0 aliphatic rings. The van der Waals surface area contributed by atoms with Gasteiger partial charge in [-0.1, -0.05) is 12.1 Å². The van der Waals surface area contributed by atoms with Crippen molar-refractivity contribution in [1.82, 2.24) is 21.3 Å². The number of rotatable bonds is 22. The van der Waals surface area contributed by atoms with E-state index in [1.165, 1.54) is 6.92 Å². The highest BCUT2D eigenvalue weighted by molar-refractivity contribution is 5.86. The molecule has 0 saturated carbocycles. The van der Waals surface area contributed by atoms with Gasteiger partial charge in [0.25, 0.3) is 0 Å². The van der Waals surface area contributed by atoms with Gasteiger partial charge in [0.05, 0.1) is 12.8 Å². The first-order chi connectivity index (χ1) is 22.7. The van der Waals surface area contributed by atoms with Crippen LogP contribution in [0.1, 0.15) is 62.3 Å². The molecule has 262 valence electrons. The average Bonchev–Trinajstić information content (AvgIpc) is 3.49. The van der Waals surface area contributed by atoms with Crippen LogP contribution in [-0.2, 0) is 53.1 Å². The third-order valence-corrected chi connectivity index (χ3v) is 6.87. The Bertz CT molecular complexity index is 1430. The third-order valence-electron chi connectivity index (χ3n) is 6.87. The van der Waals surface area contributed by atoms with Gasteiger partial charge in [-0.25, -0.2) is 9.59 Å². The maximum atomic E-state index is 12.3. The molecule has 0 aliphatic heterocycles. The first-order valence-electron chi connectivity index (χ1n) is 15.0. The number of ether oxygens (including phenoxy) is 1. The van der Waals surface area contributed by atoms with E-state index in [-0.39, 0.29) is 57.7 Å². The van der Waals surface area contributed by atoms with Gasteiger partial charge >= 0.3 is 17.9 Å². The van der Waals surface area contributed by atoms with E-state index in [1.807, 2.05) is 12.1 Å². The molecule has 3 atom stereocenters. The van der Waals surface area contributed by atoms with Gasteiger partial charge in [0.2, 0.25) is 23.6 Å². The van der Waals surface area contributed by atoms with Crippen molar-refractivity contribution in [2.75, 3.05) is 6.54 Å². The SMILES string of the molecule is CC(=O)NCc1cc(COc2ccc(CCNC(=O)CC[C@H](NC(=O)CC[C@H](NC(=O)CC[C@H](N)C(=O)O)C(=O)O)C(=O)O)cc2)co1. The minimum absolute atomic E-state index is 0.160. The number of aliphatic carboxylic acids is 3. The first kappa shape index (κ1) is 38.7. The molecule has 1 heterocycles. The first-order valence-corrected chi connectivity index (χ1v) is 15.0. The van der Waals surface area contributed by atoms with Gasteiger partial charge in [-0.15, -0.1) is 0 Å². The molecule has 0 saturated heterocycles. The molecule has 0 unspecified atom stereocenters. The van der Waals surface area contributed by atoms with Crippen LogP contribution in [0.3, 0.4) is 0 Å². The molecular weight excluding hydrogens is 634 g/mol. The number of nitrogens with two attached hydrogens (primary N) is 1. The highest BCUT2D eigenvalue weighted by Gasteiger charge is 2.25. The largest absolute Gasteiger partial charge is 0.489 e. The van der Waals surface area contributed by atoms with Crippen LogP contribution in [0, 0.1) is 0 Å². The average molecular weight is 676 g/mol. The third kappa shape index (κ3) is 15.2. The fourth-order valence-electron chi connectivity index (χ4n) is 4.17. The fraction of sp³-hybridized carbons (Fsp3) is 0.452. The van der Waals surface area contributed by atoms with Crippen LogP contribution < -0.4 is 31.7 Å². The maximum absolute atomic E-state index is 12.3. The van der Waals surface area contributed by atoms with Gasteiger partial charge in [-0.05, 0) is 49.4 Å². The molecule has 17 nitrogen and oxygen atoms in total. The number of hydrogen-bond donors (Lipinski definition) is 8. The summed E-state index contributed by atoms with van der Waals surface area (Å²) in [6.45, 7) is 2.25. The van der Waals surface area contributed by atoms with Crippen LogP contribution in [0.25, 0.3) is 0 Å². The molecule has 1 aromatic carbocycles. The van der Waals surface area contributed by atoms with E-state index in [4.69, 9.17) is 20.0 Å². The van der Waals surface area contributed by atoms with Gasteiger partial charge in [-0.3, -0.25) is 24.0 Å². The molecule has 48 heavy (non-hydrogen) atoms. The predicted molar refractivity (Wildman–Crippen MR) is 166 cm³/mol. The summed E-state index contributed by atoms with van der Waals surface area (Å²) in [4.78, 5) is 81.5. The quantitative estimate of drug-likeness (QED) is 0.0820. The highest BCUT2D eigenvalue weighted by atomic mass is 16.5. The molecular formula is C31H41N5O12. The monoisotopic (exact) mass is 675 g/mol. The second-order valence-electron chi connectivity index (χ2n) is 10.8. The Labute approximate surface area is 275 Å². The molecule has 0 spiro atoms. The summed E-state index contributed by atoms with van der Waals surface area (Å²) in [5.74, 6) is -5.04. The topological polar surface area (TPSA) is 277 Å². The van der Waals surface area contributed by atoms with E-state index in [2.05, 4.69) is 21.3 Å². The second kappa shape index (κ2) is 19.9. The van der Waals surface area contributed by atoms with Crippen molar-refractivity contribution >= 4 is 41.5 Å². The minimum atomic E-state index is -1.47. The number of carboxylic acids is 3. The van der Waals surface area contributed by atoms with E-state index in [0.29, 0.717) is 17.9 Å². The summed E-state index contributed by atoms with van der Waals surface area (Å²) in [7, 11) is 0. The Morgan fingerprint density at radius 2 is 1.33 bits per heavy atom. The molecule has 0 aliphatic carbocycles. The zero-order valence-electron chi connectivity index (χ0n) is 26.4. The zero-order chi connectivity index (χ0) is 35.6. The van der Waals surface area contributed by atoms with Crippen molar-refractivity contribution in [3.63, 3.8) is 0 Å². The van der Waals surface area contributed by atoms with E-state index in [1.54, 1.807) is 24.5 Å². The lowest BCUT2D eigenvalue weighted by molar-refractivity contribution is -0.143. The summed E-state index contributed by atoms with van der Waals surface area (Å²) in [6, 6.07) is 4.85. The van der Waals surface area contributed by atoms with Crippen molar-refractivity contribution < 1.29 is 58.0 Å². The standard InChI is InChI=1S/C31H41N5O12/c1-18(37)34-15-22-14-20(17-48-22)16-47-21-4-2-19(3-5-21)12-13-33-26(38)10-7-24(30(43)44)36-28(40)11-8-25(31(45)46)35-27(39)9-6-23(32)29(41)42/h2-5,14,17,23-25H,6-13,15-16,32H2,1H3,(H,33,38)(H,34,37)(H,35,39)(H,36,40)(H,41,42)(H,43,44)(H,45,46)/t23-,24-,25-/m0/s1.